The third-order valence-corrected chi connectivity index (χ3v) is 2.51. The average Bonchev–Trinajstić information content (AvgIpc) is 2.60. The van der Waals surface area contributed by atoms with E-state index in [4.69, 9.17) is 15.6 Å². The van der Waals surface area contributed by atoms with Gasteiger partial charge >= 0.3 is 5.69 Å². The van der Waals surface area contributed by atoms with E-state index in [0.29, 0.717) is 0 Å². The number of H-pyrrole nitrogens is 1. The van der Waals surface area contributed by atoms with Crippen LogP contribution < -0.4 is 16.0 Å². The first-order valence-electron chi connectivity index (χ1n) is 4.92. The van der Waals surface area contributed by atoms with Crippen molar-refractivity contribution in [1.82, 2.24) is 4.98 Å². The van der Waals surface area contributed by atoms with E-state index in [9.17, 15) is 9.18 Å². The SMILES string of the molecule is Nc1cc[n+]([C@@H]2O[C@H](CO)C[C@@H]2F)c(=O)[nH]1. The number of hydrogen-bond acceptors (Lipinski definition) is 4. The van der Waals surface area contributed by atoms with Crippen LogP contribution >= 0.6 is 0 Å². The molecule has 0 bridgehead atoms. The second-order valence-corrected chi connectivity index (χ2v) is 3.69. The molecule has 1 aliphatic rings. The Morgan fingerprint density at radius 2 is 2.50 bits per heavy atom. The van der Waals surface area contributed by atoms with Crippen LogP contribution in [0.25, 0.3) is 0 Å². The lowest BCUT2D eigenvalue weighted by Crippen LogP contribution is -2.56. The number of aliphatic hydroxyl groups excluding tert-OH is 1. The summed E-state index contributed by atoms with van der Waals surface area (Å²) in [5.41, 5.74) is 4.83. The van der Waals surface area contributed by atoms with Crippen LogP contribution in [-0.4, -0.2) is 29.0 Å². The number of nitrogen functional groups attached to an aromatic ring is 1. The van der Waals surface area contributed by atoms with Crippen LogP contribution in [0.2, 0.25) is 0 Å². The van der Waals surface area contributed by atoms with Crippen molar-refractivity contribution >= 4 is 5.82 Å². The molecule has 1 aromatic heterocycles. The van der Waals surface area contributed by atoms with E-state index in [1.54, 1.807) is 0 Å². The van der Waals surface area contributed by atoms with E-state index >= 15 is 0 Å². The minimum absolute atomic E-state index is 0.0813. The smallest absolute Gasteiger partial charge is 0.394 e. The van der Waals surface area contributed by atoms with Gasteiger partial charge in [0, 0.05) is 12.5 Å². The molecule has 0 aliphatic carbocycles. The number of nitrogens with two attached hydrogens (primary N) is 1. The van der Waals surface area contributed by atoms with Gasteiger partial charge in [0.1, 0.15) is 6.20 Å². The molecule has 1 aliphatic heterocycles. The van der Waals surface area contributed by atoms with Crippen molar-refractivity contribution in [3.05, 3.63) is 22.7 Å². The number of hydrogen-bond donors (Lipinski definition) is 3. The molecular weight excluding hydrogens is 217 g/mol. The number of nitrogens with zero attached hydrogens (tertiary/aromatic N) is 1. The van der Waals surface area contributed by atoms with Crippen LogP contribution in [0.1, 0.15) is 12.6 Å². The molecule has 0 spiro atoms. The summed E-state index contributed by atoms with van der Waals surface area (Å²) in [6, 6.07) is 1.45. The fraction of sp³-hybridized carbons (Fsp3) is 0.556. The highest BCUT2D eigenvalue weighted by atomic mass is 19.1. The monoisotopic (exact) mass is 230 g/mol. The summed E-state index contributed by atoms with van der Waals surface area (Å²) >= 11 is 0. The minimum atomic E-state index is -1.31. The van der Waals surface area contributed by atoms with Crippen molar-refractivity contribution in [2.45, 2.75) is 24.9 Å². The summed E-state index contributed by atoms with van der Waals surface area (Å²) in [4.78, 5) is 13.8. The van der Waals surface area contributed by atoms with Crippen molar-refractivity contribution in [2.24, 2.45) is 0 Å². The van der Waals surface area contributed by atoms with Gasteiger partial charge in [-0.3, -0.25) is 0 Å². The Kier molecular flexibility index (Phi) is 2.88. The number of aromatic nitrogens is 2. The van der Waals surface area contributed by atoms with Gasteiger partial charge in [0.05, 0.1) is 12.7 Å². The third kappa shape index (κ3) is 1.91. The van der Waals surface area contributed by atoms with E-state index in [1.165, 1.54) is 12.3 Å². The molecule has 4 N–H and O–H groups in total. The zero-order valence-electron chi connectivity index (χ0n) is 8.47. The van der Waals surface area contributed by atoms with Gasteiger partial charge in [0.2, 0.25) is 6.23 Å². The van der Waals surface area contributed by atoms with E-state index in [-0.39, 0.29) is 18.8 Å². The Balaban J connectivity index is 2.28. The van der Waals surface area contributed by atoms with Crippen LogP contribution in [0, 0.1) is 0 Å². The maximum Gasteiger partial charge on any atom is 0.499 e. The molecule has 6 nitrogen and oxygen atoms in total. The Bertz CT molecular complexity index is 436. The standard InChI is InChI=1S/C9H12FN3O3/c10-6-3-5(4-14)16-8(6)13-2-1-7(11)12-9(13)15/h1-2,5-6,8,14H,3-4H2,(H2,11,12,15)/p+1/t5-,6-,8+/m0/s1. The Morgan fingerprint density at radius 1 is 1.75 bits per heavy atom. The summed E-state index contributed by atoms with van der Waals surface area (Å²) in [5.74, 6) is 0.202. The Labute approximate surface area is 90.5 Å². The molecule has 1 saturated heterocycles. The van der Waals surface area contributed by atoms with Gasteiger partial charge in [-0.15, -0.1) is 0 Å². The van der Waals surface area contributed by atoms with E-state index in [0.717, 1.165) is 4.57 Å². The van der Waals surface area contributed by atoms with Crippen molar-refractivity contribution < 1.29 is 18.8 Å². The first-order chi connectivity index (χ1) is 7.61. The lowest BCUT2D eigenvalue weighted by atomic mass is 10.2. The van der Waals surface area contributed by atoms with Crippen molar-refractivity contribution in [3.63, 3.8) is 0 Å². The van der Waals surface area contributed by atoms with Crippen LogP contribution in [0.3, 0.4) is 0 Å². The normalized spacial score (nSPS) is 29.5. The number of rotatable bonds is 2. The molecule has 7 heteroatoms. The molecule has 2 heterocycles. The molecular formula is C9H13FN3O3+. The number of halogens is 1. The highest BCUT2D eigenvalue weighted by Crippen LogP contribution is 2.26. The topological polar surface area (TPSA) is 92.2 Å². The maximum absolute atomic E-state index is 13.6. The minimum Gasteiger partial charge on any atom is -0.394 e. The highest BCUT2D eigenvalue weighted by Gasteiger charge is 2.40. The third-order valence-electron chi connectivity index (χ3n) is 2.51. The summed E-state index contributed by atoms with van der Waals surface area (Å²) in [6.45, 7) is -0.260. The summed E-state index contributed by atoms with van der Waals surface area (Å²) in [7, 11) is 0. The molecule has 3 atom stereocenters. The maximum atomic E-state index is 13.6. The fourth-order valence-electron chi connectivity index (χ4n) is 1.72. The van der Waals surface area contributed by atoms with Crippen molar-refractivity contribution in [2.75, 3.05) is 12.3 Å². The van der Waals surface area contributed by atoms with Gasteiger partial charge in [-0.05, 0) is 0 Å². The predicted octanol–water partition coefficient (Wildman–Crippen LogP) is -1.14. The molecule has 88 valence electrons. The number of alkyl halides is 1. The molecule has 1 aromatic rings. The van der Waals surface area contributed by atoms with Gasteiger partial charge < -0.3 is 15.6 Å². The van der Waals surface area contributed by atoms with Gasteiger partial charge in [-0.2, -0.15) is 14.3 Å². The van der Waals surface area contributed by atoms with Crippen LogP contribution in [0.15, 0.2) is 17.1 Å². The van der Waals surface area contributed by atoms with Crippen molar-refractivity contribution in [3.8, 4) is 0 Å². The summed E-state index contributed by atoms with van der Waals surface area (Å²) in [6.07, 6.45) is -1.43. The van der Waals surface area contributed by atoms with E-state index in [2.05, 4.69) is 4.98 Å². The molecule has 0 unspecified atom stereocenters. The lowest BCUT2D eigenvalue weighted by molar-refractivity contribution is -0.778. The molecule has 0 aromatic carbocycles. The Hall–Kier alpha value is -1.47. The quantitative estimate of drug-likeness (QED) is 0.560. The lowest BCUT2D eigenvalue weighted by Gasteiger charge is -2.10. The highest BCUT2D eigenvalue weighted by molar-refractivity contribution is 5.21. The number of aliphatic hydroxyl groups is 1. The van der Waals surface area contributed by atoms with Crippen LogP contribution in [0.4, 0.5) is 10.2 Å². The number of aromatic amines is 1. The van der Waals surface area contributed by atoms with Gasteiger partial charge in [0.15, 0.2) is 12.0 Å². The van der Waals surface area contributed by atoms with Gasteiger partial charge in [-0.25, -0.2) is 4.39 Å². The average molecular weight is 230 g/mol. The molecule has 2 rings (SSSR count). The molecule has 1 fully saturated rings. The van der Waals surface area contributed by atoms with E-state index in [1.807, 2.05) is 0 Å². The zero-order chi connectivity index (χ0) is 11.7. The number of anilines is 1. The number of ether oxygens (including phenoxy) is 1. The largest absolute Gasteiger partial charge is 0.499 e. The molecule has 0 saturated carbocycles. The van der Waals surface area contributed by atoms with Crippen molar-refractivity contribution in [1.29, 1.82) is 0 Å². The van der Waals surface area contributed by atoms with Gasteiger partial charge in [0.25, 0.3) is 0 Å². The Morgan fingerprint density at radius 3 is 3.06 bits per heavy atom. The molecule has 0 amide bonds. The first-order valence-corrected chi connectivity index (χ1v) is 4.92. The molecule has 0 radical (unpaired) electrons. The summed E-state index contributed by atoms with van der Waals surface area (Å²) in [5, 5.41) is 8.86. The summed E-state index contributed by atoms with van der Waals surface area (Å²) < 4.78 is 19.9. The second kappa shape index (κ2) is 4.18. The van der Waals surface area contributed by atoms with Gasteiger partial charge in [-0.1, -0.05) is 0 Å². The van der Waals surface area contributed by atoms with E-state index < -0.39 is 24.2 Å². The fourth-order valence-corrected chi connectivity index (χ4v) is 1.72. The van der Waals surface area contributed by atoms with Crippen LogP contribution in [-0.2, 0) is 4.74 Å². The second-order valence-electron chi connectivity index (χ2n) is 3.69. The number of nitrogens with one attached hydrogen (secondary N) is 1. The zero-order valence-corrected chi connectivity index (χ0v) is 8.47. The first kappa shape index (κ1) is 11.0. The van der Waals surface area contributed by atoms with Crippen LogP contribution in [0.5, 0.6) is 0 Å². The molecule has 16 heavy (non-hydrogen) atoms. The predicted molar refractivity (Wildman–Crippen MR) is 52.2 cm³/mol.